The summed E-state index contributed by atoms with van der Waals surface area (Å²) in [4.78, 5) is 24.2. The van der Waals surface area contributed by atoms with E-state index in [4.69, 9.17) is 0 Å². The summed E-state index contributed by atoms with van der Waals surface area (Å²) in [5.41, 5.74) is -2.17. The van der Waals surface area contributed by atoms with Gasteiger partial charge in [-0.05, 0) is 31.4 Å². The first-order valence-electron chi connectivity index (χ1n) is 6.73. The van der Waals surface area contributed by atoms with Crippen LogP contribution in [0.2, 0.25) is 0 Å². The lowest BCUT2D eigenvalue weighted by Crippen LogP contribution is -2.52. The maximum absolute atomic E-state index is 12.5. The minimum Gasteiger partial charge on any atom is -0.506 e. The Morgan fingerprint density at radius 3 is 2.14 bits per heavy atom. The van der Waals surface area contributed by atoms with Crippen molar-refractivity contribution in [3.63, 3.8) is 0 Å². The molecule has 3 rings (SSSR count). The Kier molecular flexibility index (Phi) is 3.05. The molecule has 1 spiro atoms. The molecule has 1 heterocycles. The first kappa shape index (κ1) is 14.6. The molecule has 1 aromatic rings. The molecule has 1 amide bonds. The van der Waals surface area contributed by atoms with E-state index in [1.54, 1.807) is 0 Å². The number of aliphatic hydroxyl groups is 1. The van der Waals surface area contributed by atoms with E-state index in [0.29, 0.717) is 12.8 Å². The molecule has 2 N–H and O–H groups in total. The molecule has 1 saturated carbocycles. The molecular weight excluding hydrogens is 299 g/mol. The van der Waals surface area contributed by atoms with Crippen molar-refractivity contribution in [3.05, 3.63) is 41.0 Å². The molecule has 4 nitrogen and oxygen atoms in total. The standard InChI is InChI=1S/C15H12F3NO3/c16-15(17,18)9-4-2-8(3-5-9)11(20)10-12(21)14(6-1-7-14)19-13(10)22/h2-5,20H,1,6-7H2,(H,19,22)/b11-10-. The fourth-order valence-corrected chi connectivity index (χ4v) is 2.74. The fraction of sp³-hybridized carbons (Fsp3) is 0.333. The van der Waals surface area contributed by atoms with Crippen LogP contribution in [0.15, 0.2) is 29.8 Å². The number of nitrogens with one attached hydrogen (secondary N) is 1. The van der Waals surface area contributed by atoms with Crippen molar-refractivity contribution in [3.8, 4) is 0 Å². The van der Waals surface area contributed by atoms with Crippen molar-refractivity contribution in [1.29, 1.82) is 0 Å². The molecular formula is C15H12F3NO3. The van der Waals surface area contributed by atoms with E-state index in [2.05, 4.69) is 5.32 Å². The number of amides is 1. The predicted molar refractivity (Wildman–Crippen MR) is 70.7 cm³/mol. The van der Waals surface area contributed by atoms with Crippen LogP contribution in [0.3, 0.4) is 0 Å². The fourth-order valence-electron chi connectivity index (χ4n) is 2.74. The van der Waals surface area contributed by atoms with Gasteiger partial charge in [-0.25, -0.2) is 0 Å². The van der Waals surface area contributed by atoms with E-state index >= 15 is 0 Å². The van der Waals surface area contributed by atoms with Crippen LogP contribution < -0.4 is 5.32 Å². The number of benzene rings is 1. The smallest absolute Gasteiger partial charge is 0.416 e. The summed E-state index contributed by atoms with van der Waals surface area (Å²) in [6.07, 6.45) is -2.65. The first-order chi connectivity index (χ1) is 10.2. The largest absolute Gasteiger partial charge is 0.506 e. The average Bonchev–Trinajstić information content (AvgIpc) is 2.69. The summed E-state index contributed by atoms with van der Waals surface area (Å²) < 4.78 is 37.5. The highest BCUT2D eigenvalue weighted by atomic mass is 19.4. The van der Waals surface area contributed by atoms with Gasteiger partial charge in [0, 0.05) is 5.56 Å². The monoisotopic (exact) mass is 311 g/mol. The number of ketones is 1. The van der Waals surface area contributed by atoms with E-state index in [-0.39, 0.29) is 11.1 Å². The predicted octanol–water partition coefficient (Wildman–Crippen LogP) is 2.60. The molecule has 0 aromatic heterocycles. The molecule has 0 atom stereocenters. The van der Waals surface area contributed by atoms with Gasteiger partial charge in [0.25, 0.3) is 5.91 Å². The van der Waals surface area contributed by atoms with Gasteiger partial charge in [0.1, 0.15) is 16.9 Å². The molecule has 0 radical (unpaired) electrons. The van der Waals surface area contributed by atoms with Crippen LogP contribution in [0.1, 0.15) is 30.4 Å². The second kappa shape index (κ2) is 4.59. The van der Waals surface area contributed by atoms with Crippen molar-refractivity contribution < 1.29 is 27.9 Å². The number of carbonyl (C=O) groups is 2. The summed E-state index contributed by atoms with van der Waals surface area (Å²) in [5.74, 6) is -1.75. The summed E-state index contributed by atoms with van der Waals surface area (Å²) in [5, 5.41) is 12.7. The zero-order chi connectivity index (χ0) is 16.1. The van der Waals surface area contributed by atoms with Gasteiger partial charge in [0.05, 0.1) is 5.56 Å². The number of aliphatic hydroxyl groups excluding tert-OH is 1. The van der Waals surface area contributed by atoms with Crippen LogP contribution >= 0.6 is 0 Å². The van der Waals surface area contributed by atoms with Crippen molar-refractivity contribution in [2.75, 3.05) is 0 Å². The van der Waals surface area contributed by atoms with Crippen LogP contribution in [0.5, 0.6) is 0 Å². The lowest BCUT2D eigenvalue weighted by Gasteiger charge is -2.35. The van der Waals surface area contributed by atoms with Crippen molar-refractivity contribution in [1.82, 2.24) is 5.32 Å². The average molecular weight is 311 g/mol. The maximum Gasteiger partial charge on any atom is 0.416 e. The van der Waals surface area contributed by atoms with E-state index < -0.39 is 34.7 Å². The first-order valence-corrected chi connectivity index (χ1v) is 6.73. The van der Waals surface area contributed by atoms with Gasteiger partial charge in [-0.3, -0.25) is 9.59 Å². The maximum atomic E-state index is 12.5. The Hall–Kier alpha value is -2.31. The molecule has 7 heteroatoms. The zero-order valence-electron chi connectivity index (χ0n) is 11.3. The molecule has 0 bridgehead atoms. The Labute approximate surface area is 123 Å². The van der Waals surface area contributed by atoms with E-state index in [0.717, 1.165) is 30.7 Å². The summed E-state index contributed by atoms with van der Waals surface area (Å²) >= 11 is 0. The van der Waals surface area contributed by atoms with Crippen molar-refractivity contribution >= 4 is 17.4 Å². The Bertz CT molecular complexity index is 685. The lowest BCUT2D eigenvalue weighted by atomic mass is 9.74. The van der Waals surface area contributed by atoms with Crippen LogP contribution in [-0.4, -0.2) is 22.3 Å². The van der Waals surface area contributed by atoms with Gasteiger partial charge in [-0.15, -0.1) is 0 Å². The topological polar surface area (TPSA) is 66.4 Å². The third-order valence-electron chi connectivity index (χ3n) is 4.17. The second-order valence-electron chi connectivity index (χ2n) is 5.52. The lowest BCUT2D eigenvalue weighted by molar-refractivity contribution is -0.137. The molecule has 22 heavy (non-hydrogen) atoms. The molecule has 1 aliphatic heterocycles. The van der Waals surface area contributed by atoms with Crippen LogP contribution in [0.25, 0.3) is 5.76 Å². The van der Waals surface area contributed by atoms with Crippen LogP contribution in [0, 0.1) is 0 Å². The van der Waals surface area contributed by atoms with Crippen LogP contribution in [0.4, 0.5) is 13.2 Å². The van der Waals surface area contributed by atoms with Gasteiger partial charge >= 0.3 is 6.18 Å². The van der Waals surface area contributed by atoms with Crippen molar-refractivity contribution in [2.24, 2.45) is 0 Å². The number of carbonyl (C=O) groups excluding carboxylic acids is 2. The molecule has 1 aromatic carbocycles. The minimum absolute atomic E-state index is 0.00266. The number of rotatable bonds is 1. The third kappa shape index (κ3) is 2.08. The number of alkyl halides is 3. The number of Topliss-reactive ketones (excluding diaryl/α,β-unsaturated/α-hetero) is 1. The van der Waals surface area contributed by atoms with E-state index in [1.807, 2.05) is 0 Å². The highest BCUT2D eigenvalue weighted by Gasteiger charge is 2.54. The second-order valence-corrected chi connectivity index (χ2v) is 5.52. The van der Waals surface area contributed by atoms with Crippen LogP contribution in [-0.2, 0) is 15.8 Å². The minimum atomic E-state index is -4.49. The SMILES string of the molecule is O=C1NC2(CCC2)C(=O)/C1=C(/O)c1ccc(C(F)(F)F)cc1. The van der Waals surface area contributed by atoms with Gasteiger partial charge in [-0.2, -0.15) is 13.2 Å². The Morgan fingerprint density at radius 2 is 1.73 bits per heavy atom. The third-order valence-corrected chi connectivity index (χ3v) is 4.17. The molecule has 0 unspecified atom stereocenters. The highest BCUT2D eigenvalue weighted by molar-refractivity contribution is 6.32. The van der Waals surface area contributed by atoms with Gasteiger partial charge in [0.2, 0.25) is 0 Å². The molecule has 1 aliphatic carbocycles. The van der Waals surface area contributed by atoms with Crippen molar-refractivity contribution in [2.45, 2.75) is 31.0 Å². The molecule has 116 valence electrons. The van der Waals surface area contributed by atoms with Gasteiger partial charge in [0.15, 0.2) is 5.78 Å². The molecule has 2 aliphatic rings. The van der Waals surface area contributed by atoms with Gasteiger partial charge in [-0.1, -0.05) is 12.1 Å². The summed E-state index contributed by atoms with van der Waals surface area (Å²) in [7, 11) is 0. The Balaban J connectivity index is 1.97. The summed E-state index contributed by atoms with van der Waals surface area (Å²) in [6.45, 7) is 0. The van der Waals surface area contributed by atoms with E-state index in [1.165, 1.54) is 0 Å². The Morgan fingerprint density at radius 1 is 1.14 bits per heavy atom. The number of halogens is 3. The molecule has 2 fully saturated rings. The zero-order valence-corrected chi connectivity index (χ0v) is 11.3. The van der Waals surface area contributed by atoms with Gasteiger partial charge < -0.3 is 10.4 Å². The summed E-state index contributed by atoms with van der Waals surface area (Å²) in [6, 6.07) is 3.67. The number of hydrogen-bond acceptors (Lipinski definition) is 3. The highest BCUT2D eigenvalue weighted by Crippen LogP contribution is 2.40. The normalized spacial score (nSPS) is 22.5. The quantitative estimate of drug-likeness (QED) is 0.476. The van der Waals surface area contributed by atoms with E-state index in [9.17, 15) is 27.9 Å². The number of hydrogen-bond donors (Lipinski definition) is 2. The molecule has 1 saturated heterocycles.